The van der Waals surface area contributed by atoms with Crippen molar-refractivity contribution < 1.29 is 9.72 Å². The van der Waals surface area contributed by atoms with E-state index in [9.17, 15) is 14.9 Å². The van der Waals surface area contributed by atoms with Gasteiger partial charge in [-0.25, -0.2) is 9.67 Å². The van der Waals surface area contributed by atoms with Gasteiger partial charge in [-0.1, -0.05) is 17.7 Å². The molecule has 0 atom stereocenters. The molecule has 0 bridgehead atoms. The second-order valence-electron chi connectivity index (χ2n) is 5.72. The Balaban J connectivity index is 1.62. The topological polar surface area (TPSA) is 103 Å². The van der Waals surface area contributed by atoms with E-state index >= 15 is 0 Å². The maximum Gasteiger partial charge on any atom is 0.295 e. The predicted octanol–water partition coefficient (Wildman–Crippen LogP) is 3.01. The molecule has 3 aromatic rings. The van der Waals surface area contributed by atoms with E-state index in [-0.39, 0.29) is 22.8 Å². The fourth-order valence-corrected chi connectivity index (χ4v) is 3.18. The van der Waals surface area contributed by atoms with Crippen LogP contribution in [0.15, 0.2) is 60.0 Å². The van der Waals surface area contributed by atoms with E-state index in [1.807, 2.05) is 31.2 Å². The van der Waals surface area contributed by atoms with Gasteiger partial charge in [0.2, 0.25) is 0 Å². The molecule has 138 valence electrons. The number of amides is 1. The van der Waals surface area contributed by atoms with E-state index in [2.05, 4.69) is 15.4 Å². The van der Waals surface area contributed by atoms with E-state index in [1.165, 1.54) is 41.1 Å². The first-order valence-electron chi connectivity index (χ1n) is 8.16. The summed E-state index contributed by atoms with van der Waals surface area (Å²) in [7, 11) is 0. The van der Waals surface area contributed by atoms with Crippen LogP contribution in [0.4, 0.5) is 5.69 Å². The van der Waals surface area contributed by atoms with Gasteiger partial charge in [0.05, 0.1) is 4.92 Å². The van der Waals surface area contributed by atoms with Crippen molar-refractivity contribution in [2.45, 2.75) is 11.8 Å². The lowest BCUT2D eigenvalue weighted by molar-refractivity contribution is -0.384. The summed E-state index contributed by atoms with van der Waals surface area (Å²) in [6.07, 6.45) is 2.65. The molecule has 0 aliphatic carbocycles. The minimum Gasteiger partial charge on any atom is -0.351 e. The zero-order chi connectivity index (χ0) is 19.2. The molecule has 0 fully saturated rings. The molecule has 9 heteroatoms. The quantitative estimate of drug-likeness (QED) is 0.291. The standard InChI is InChI=1S/C18H17N5O3S/c1-13-2-5-15(6-3-13)27-9-8-20-18(24)14-4-7-16(17(10-14)23(25)26)22-12-19-11-21-22/h2-7,10-12H,8-9H2,1H3,(H,20,24). The Morgan fingerprint density at radius 2 is 2.04 bits per heavy atom. The van der Waals surface area contributed by atoms with Crippen molar-refractivity contribution in [3.05, 3.63) is 76.4 Å². The van der Waals surface area contributed by atoms with Gasteiger partial charge < -0.3 is 5.32 Å². The Bertz CT molecular complexity index is 942. The Hall–Kier alpha value is -3.20. The van der Waals surface area contributed by atoms with Gasteiger partial charge in [0.15, 0.2) is 0 Å². The third kappa shape index (κ3) is 4.70. The number of aromatic nitrogens is 3. The van der Waals surface area contributed by atoms with Crippen LogP contribution in [-0.2, 0) is 0 Å². The second-order valence-corrected chi connectivity index (χ2v) is 6.89. The van der Waals surface area contributed by atoms with E-state index < -0.39 is 4.92 Å². The van der Waals surface area contributed by atoms with Gasteiger partial charge >= 0.3 is 0 Å². The second kappa shape index (κ2) is 8.45. The number of nitrogens with one attached hydrogen (secondary N) is 1. The van der Waals surface area contributed by atoms with Gasteiger partial charge in [-0.05, 0) is 31.2 Å². The largest absolute Gasteiger partial charge is 0.351 e. The Morgan fingerprint density at radius 1 is 1.26 bits per heavy atom. The average molecular weight is 383 g/mol. The molecule has 1 N–H and O–H groups in total. The highest BCUT2D eigenvalue weighted by molar-refractivity contribution is 7.99. The van der Waals surface area contributed by atoms with Crippen molar-refractivity contribution in [2.75, 3.05) is 12.3 Å². The summed E-state index contributed by atoms with van der Waals surface area (Å²) in [4.78, 5) is 28.0. The molecule has 0 aliphatic rings. The molecule has 0 spiro atoms. The molecule has 8 nitrogen and oxygen atoms in total. The number of carbonyl (C=O) groups is 1. The van der Waals surface area contributed by atoms with Crippen LogP contribution < -0.4 is 5.32 Å². The van der Waals surface area contributed by atoms with Crippen molar-refractivity contribution in [2.24, 2.45) is 0 Å². The molecule has 0 aliphatic heterocycles. The third-order valence-corrected chi connectivity index (χ3v) is 4.79. The van der Waals surface area contributed by atoms with E-state index in [4.69, 9.17) is 0 Å². The van der Waals surface area contributed by atoms with Crippen LogP contribution >= 0.6 is 11.8 Å². The van der Waals surface area contributed by atoms with Gasteiger partial charge in [-0.15, -0.1) is 11.8 Å². The fourth-order valence-electron chi connectivity index (χ4n) is 2.41. The zero-order valence-corrected chi connectivity index (χ0v) is 15.3. The van der Waals surface area contributed by atoms with Crippen LogP contribution in [0.1, 0.15) is 15.9 Å². The van der Waals surface area contributed by atoms with Crippen LogP contribution in [0.5, 0.6) is 0 Å². The SMILES string of the molecule is Cc1ccc(SCCNC(=O)c2ccc(-n3cncn3)c([N+](=O)[O-])c2)cc1. The predicted molar refractivity (Wildman–Crippen MR) is 102 cm³/mol. The van der Waals surface area contributed by atoms with Crippen molar-refractivity contribution in [1.82, 2.24) is 20.1 Å². The molecule has 1 amide bonds. The monoisotopic (exact) mass is 383 g/mol. The lowest BCUT2D eigenvalue weighted by Gasteiger charge is -2.07. The lowest BCUT2D eigenvalue weighted by atomic mass is 10.1. The van der Waals surface area contributed by atoms with Crippen molar-refractivity contribution in [3.63, 3.8) is 0 Å². The summed E-state index contributed by atoms with van der Waals surface area (Å²) in [6.45, 7) is 2.48. The first kappa shape index (κ1) is 18.6. The maximum atomic E-state index is 12.3. The van der Waals surface area contributed by atoms with Crippen molar-refractivity contribution in [1.29, 1.82) is 0 Å². The van der Waals surface area contributed by atoms with E-state index in [0.29, 0.717) is 12.3 Å². The fraction of sp³-hybridized carbons (Fsp3) is 0.167. The summed E-state index contributed by atoms with van der Waals surface area (Å²) in [5.74, 6) is 0.348. The number of aryl methyl sites for hydroxylation is 1. The van der Waals surface area contributed by atoms with E-state index in [0.717, 1.165) is 4.90 Å². The number of hydrogen-bond acceptors (Lipinski definition) is 6. The number of nitro benzene ring substituents is 1. The third-order valence-electron chi connectivity index (χ3n) is 3.78. The highest BCUT2D eigenvalue weighted by atomic mass is 32.2. The number of thioether (sulfide) groups is 1. The van der Waals surface area contributed by atoms with Crippen LogP contribution in [0.3, 0.4) is 0 Å². The van der Waals surface area contributed by atoms with Gasteiger partial charge in [-0.3, -0.25) is 14.9 Å². The Morgan fingerprint density at radius 3 is 2.70 bits per heavy atom. The minimum atomic E-state index is -0.541. The number of benzene rings is 2. The van der Waals surface area contributed by atoms with Crippen LogP contribution in [0.25, 0.3) is 5.69 Å². The van der Waals surface area contributed by atoms with Gasteiger partial charge in [0.1, 0.15) is 18.3 Å². The summed E-state index contributed by atoms with van der Waals surface area (Å²) >= 11 is 1.63. The van der Waals surface area contributed by atoms with Gasteiger partial charge in [-0.2, -0.15) is 5.10 Å². The molecule has 0 unspecified atom stereocenters. The highest BCUT2D eigenvalue weighted by Crippen LogP contribution is 2.23. The van der Waals surface area contributed by atoms with Crippen LogP contribution in [-0.4, -0.2) is 37.9 Å². The maximum absolute atomic E-state index is 12.3. The van der Waals surface area contributed by atoms with Gasteiger partial charge in [0.25, 0.3) is 11.6 Å². The molecule has 1 aromatic heterocycles. The number of nitrogens with zero attached hydrogens (tertiary/aromatic N) is 4. The van der Waals surface area contributed by atoms with Gasteiger partial charge in [0, 0.05) is 28.8 Å². The van der Waals surface area contributed by atoms with Crippen molar-refractivity contribution in [3.8, 4) is 5.69 Å². The molecule has 2 aromatic carbocycles. The summed E-state index contributed by atoms with van der Waals surface area (Å²) in [6, 6.07) is 12.4. The molecular formula is C18H17N5O3S. The normalized spacial score (nSPS) is 10.6. The first-order valence-corrected chi connectivity index (χ1v) is 9.14. The number of rotatable bonds is 7. The van der Waals surface area contributed by atoms with E-state index in [1.54, 1.807) is 11.8 Å². The van der Waals surface area contributed by atoms with Crippen LogP contribution in [0, 0.1) is 17.0 Å². The zero-order valence-electron chi connectivity index (χ0n) is 14.5. The average Bonchev–Trinajstić information content (AvgIpc) is 3.20. The number of hydrogen-bond donors (Lipinski definition) is 1. The minimum absolute atomic E-state index is 0.206. The summed E-state index contributed by atoms with van der Waals surface area (Å²) < 4.78 is 1.29. The molecule has 0 radical (unpaired) electrons. The molecule has 0 saturated carbocycles. The molecular weight excluding hydrogens is 366 g/mol. The Kier molecular flexibility index (Phi) is 5.82. The van der Waals surface area contributed by atoms with Crippen LogP contribution in [0.2, 0.25) is 0 Å². The highest BCUT2D eigenvalue weighted by Gasteiger charge is 2.19. The Labute approximate surface area is 159 Å². The molecule has 27 heavy (non-hydrogen) atoms. The smallest absolute Gasteiger partial charge is 0.295 e. The van der Waals surface area contributed by atoms with Crippen molar-refractivity contribution >= 4 is 23.4 Å². The lowest BCUT2D eigenvalue weighted by Crippen LogP contribution is -2.25. The molecule has 3 rings (SSSR count). The summed E-state index contributed by atoms with van der Waals surface area (Å²) in [5, 5.41) is 18.0. The first-order chi connectivity index (χ1) is 13.0. The number of nitro groups is 1. The molecule has 0 saturated heterocycles. The summed E-state index contributed by atoms with van der Waals surface area (Å²) in [5.41, 5.74) is 1.47. The molecule has 1 heterocycles. The number of carbonyl (C=O) groups excluding carboxylic acids is 1.